The lowest BCUT2D eigenvalue weighted by atomic mass is 10.1. The molecule has 0 saturated carbocycles. The summed E-state index contributed by atoms with van der Waals surface area (Å²) in [6.45, 7) is 2.18. The highest BCUT2D eigenvalue weighted by Gasteiger charge is 2.10. The van der Waals surface area contributed by atoms with Crippen LogP contribution in [0.25, 0.3) is 0 Å². The number of carbonyl (C=O) groups is 1. The second kappa shape index (κ2) is 7.12. The number of hydrogen-bond acceptors (Lipinski definition) is 1. The van der Waals surface area contributed by atoms with Crippen LogP contribution in [0.15, 0.2) is 0 Å². The first-order valence-electron chi connectivity index (χ1n) is 3.98. The largest absolute Gasteiger partial charge is 0.481 e. The van der Waals surface area contributed by atoms with Crippen LogP contribution in [-0.4, -0.2) is 20.3 Å². The SMILES string of the molecule is CC(CI)CC(Br)CCC(=O)O. The first kappa shape index (κ1) is 12.7. The average molecular weight is 349 g/mol. The molecule has 12 heavy (non-hydrogen) atoms. The Morgan fingerprint density at radius 2 is 2.25 bits per heavy atom. The van der Waals surface area contributed by atoms with Gasteiger partial charge in [-0.15, -0.1) is 0 Å². The number of halogens is 2. The number of carboxylic acid groups (broad SMARTS) is 1. The van der Waals surface area contributed by atoms with E-state index in [1.54, 1.807) is 0 Å². The predicted molar refractivity (Wildman–Crippen MR) is 62.3 cm³/mol. The standard InChI is InChI=1S/C8H14BrIO2/c1-6(5-10)4-7(9)2-3-8(11)12/h6-7H,2-5H2,1H3,(H,11,12). The van der Waals surface area contributed by atoms with Gasteiger partial charge in [-0.05, 0) is 18.8 Å². The Morgan fingerprint density at radius 1 is 1.67 bits per heavy atom. The molecule has 72 valence electrons. The van der Waals surface area contributed by atoms with E-state index in [1.807, 2.05) is 0 Å². The normalized spacial score (nSPS) is 15.6. The number of aliphatic carboxylic acids is 1. The monoisotopic (exact) mass is 348 g/mol. The molecule has 0 bridgehead atoms. The average Bonchev–Trinajstić information content (AvgIpc) is 2.00. The van der Waals surface area contributed by atoms with E-state index in [0.717, 1.165) is 17.3 Å². The summed E-state index contributed by atoms with van der Waals surface area (Å²) in [5.41, 5.74) is 0. The molecule has 0 amide bonds. The van der Waals surface area contributed by atoms with Crippen molar-refractivity contribution in [2.45, 2.75) is 31.0 Å². The zero-order valence-electron chi connectivity index (χ0n) is 7.09. The van der Waals surface area contributed by atoms with Crippen LogP contribution in [0, 0.1) is 5.92 Å². The maximum absolute atomic E-state index is 10.2. The highest BCUT2D eigenvalue weighted by Crippen LogP contribution is 2.19. The van der Waals surface area contributed by atoms with Gasteiger partial charge in [-0.1, -0.05) is 45.4 Å². The molecule has 0 heterocycles. The van der Waals surface area contributed by atoms with Gasteiger partial charge in [-0.3, -0.25) is 4.79 Å². The summed E-state index contributed by atoms with van der Waals surface area (Å²) in [5.74, 6) is -0.0367. The fourth-order valence-electron chi connectivity index (χ4n) is 0.898. The molecular formula is C8H14BrIO2. The lowest BCUT2D eigenvalue weighted by Gasteiger charge is -2.12. The highest BCUT2D eigenvalue weighted by atomic mass is 127. The minimum absolute atomic E-state index is 0.268. The first-order chi connectivity index (χ1) is 5.56. The van der Waals surface area contributed by atoms with Gasteiger partial charge in [-0.2, -0.15) is 0 Å². The Kier molecular flexibility index (Phi) is 7.52. The quantitative estimate of drug-likeness (QED) is 0.591. The van der Waals surface area contributed by atoms with E-state index in [0.29, 0.717) is 10.7 Å². The van der Waals surface area contributed by atoms with Crippen molar-refractivity contribution in [2.75, 3.05) is 4.43 Å². The van der Waals surface area contributed by atoms with E-state index in [2.05, 4.69) is 45.4 Å². The Hall–Kier alpha value is 0.680. The summed E-state index contributed by atoms with van der Waals surface area (Å²) in [6, 6.07) is 0. The Morgan fingerprint density at radius 3 is 2.67 bits per heavy atom. The van der Waals surface area contributed by atoms with Gasteiger partial charge in [0.05, 0.1) is 0 Å². The van der Waals surface area contributed by atoms with Gasteiger partial charge in [0.15, 0.2) is 0 Å². The van der Waals surface area contributed by atoms with Crippen molar-refractivity contribution in [3.8, 4) is 0 Å². The topological polar surface area (TPSA) is 37.3 Å². The molecule has 0 aromatic heterocycles. The Labute approximate surface area is 95.4 Å². The molecule has 0 aliphatic heterocycles. The molecule has 0 aromatic rings. The van der Waals surface area contributed by atoms with Crippen molar-refractivity contribution in [1.82, 2.24) is 0 Å². The maximum atomic E-state index is 10.2. The third kappa shape index (κ3) is 7.34. The zero-order chi connectivity index (χ0) is 9.56. The minimum atomic E-state index is -0.707. The molecule has 2 nitrogen and oxygen atoms in total. The van der Waals surface area contributed by atoms with Crippen molar-refractivity contribution in [1.29, 1.82) is 0 Å². The Bertz CT molecular complexity index is 141. The molecule has 2 atom stereocenters. The minimum Gasteiger partial charge on any atom is -0.481 e. The fraction of sp³-hybridized carbons (Fsp3) is 0.875. The molecule has 1 N–H and O–H groups in total. The van der Waals surface area contributed by atoms with Crippen molar-refractivity contribution >= 4 is 44.5 Å². The van der Waals surface area contributed by atoms with E-state index in [-0.39, 0.29) is 6.42 Å². The summed E-state index contributed by atoms with van der Waals surface area (Å²) < 4.78 is 1.13. The van der Waals surface area contributed by atoms with Crippen LogP contribution in [0.3, 0.4) is 0 Å². The van der Waals surface area contributed by atoms with Gasteiger partial charge >= 0.3 is 5.97 Å². The smallest absolute Gasteiger partial charge is 0.303 e. The van der Waals surface area contributed by atoms with Crippen LogP contribution >= 0.6 is 38.5 Å². The molecule has 0 aliphatic rings. The molecule has 0 radical (unpaired) electrons. The number of rotatable bonds is 6. The van der Waals surface area contributed by atoms with Crippen LogP contribution in [-0.2, 0) is 4.79 Å². The molecule has 0 aliphatic carbocycles. The number of hydrogen-bond donors (Lipinski definition) is 1. The number of alkyl halides is 2. The van der Waals surface area contributed by atoms with Crippen LogP contribution in [0.5, 0.6) is 0 Å². The first-order valence-corrected chi connectivity index (χ1v) is 6.42. The van der Waals surface area contributed by atoms with Gasteiger partial charge in [0.25, 0.3) is 0 Å². The Balaban J connectivity index is 3.45. The second-order valence-corrected chi connectivity index (χ2v) is 5.20. The van der Waals surface area contributed by atoms with Gasteiger partial charge in [-0.25, -0.2) is 0 Å². The summed E-state index contributed by atoms with van der Waals surface area (Å²) in [6.07, 6.45) is 2.07. The van der Waals surface area contributed by atoms with Gasteiger partial charge in [0.1, 0.15) is 0 Å². The van der Waals surface area contributed by atoms with Gasteiger partial charge < -0.3 is 5.11 Å². The van der Waals surface area contributed by atoms with Gasteiger partial charge in [0.2, 0.25) is 0 Å². The van der Waals surface area contributed by atoms with Crippen molar-refractivity contribution in [2.24, 2.45) is 5.92 Å². The third-order valence-corrected chi connectivity index (χ3v) is 3.93. The summed E-state index contributed by atoms with van der Waals surface area (Å²) in [4.78, 5) is 10.6. The summed E-state index contributed by atoms with van der Waals surface area (Å²) in [7, 11) is 0. The maximum Gasteiger partial charge on any atom is 0.303 e. The molecule has 4 heteroatoms. The van der Waals surface area contributed by atoms with Crippen LogP contribution in [0.2, 0.25) is 0 Å². The molecule has 0 spiro atoms. The predicted octanol–water partition coefficient (Wildman–Crippen LogP) is 3.08. The van der Waals surface area contributed by atoms with Crippen LogP contribution in [0.1, 0.15) is 26.2 Å². The van der Waals surface area contributed by atoms with Crippen molar-refractivity contribution in [3.05, 3.63) is 0 Å². The lowest BCUT2D eigenvalue weighted by molar-refractivity contribution is -0.137. The summed E-state index contributed by atoms with van der Waals surface area (Å²) >= 11 is 5.83. The molecular weight excluding hydrogens is 335 g/mol. The second-order valence-electron chi connectivity index (χ2n) is 3.02. The molecule has 0 aromatic carbocycles. The molecule has 0 saturated heterocycles. The third-order valence-electron chi connectivity index (χ3n) is 1.59. The van der Waals surface area contributed by atoms with Crippen LogP contribution in [0.4, 0.5) is 0 Å². The van der Waals surface area contributed by atoms with Crippen LogP contribution < -0.4 is 0 Å². The van der Waals surface area contributed by atoms with Crippen molar-refractivity contribution in [3.63, 3.8) is 0 Å². The van der Waals surface area contributed by atoms with E-state index in [9.17, 15) is 4.79 Å². The van der Waals surface area contributed by atoms with Gasteiger partial charge in [0, 0.05) is 15.7 Å². The zero-order valence-corrected chi connectivity index (χ0v) is 10.8. The van der Waals surface area contributed by atoms with E-state index in [1.165, 1.54) is 0 Å². The molecule has 0 fully saturated rings. The summed E-state index contributed by atoms with van der Waals surface area (Å²) in [5, 5.41) is 8.43. The van der Waals surface area contributed by atoms with E-state index >= 15 is 0 Å². The number of carboxylic acids is 1. The fourth-order valence-corrected chi connectivity index (χ4v) is 2.12. The molecule has 2 unspecified atom stereocenters. The van der Waals surface area contributed by atoms with Crippen molar-refractivity contribution < 1.29 is 9.90 Å². The van der Waals surface area contributed by atoms with E-state index < -0.39 is 5.97 Å². The highest BCUT2D eigenvalue weighted by molar-refractivity contribution is 14.1. The molecule has 0 rings (SSSR count). The lowest BCUT2D eigenvalue weighted by Crippen LogP contribution is -2.08. The van der Waals surface area contributed by atoms with E-state index in [4.69, 9.17) is 5.11 Å².